The van der Waals surface area contributed by atoms with Crippen LogP contribution in [0, 0.1) is 17.3 Å². The predicted octanol–water partition coefficient (Wildman–Crippen LogP) is -1.56. The Bertz CT molecular complexity index is 350. The highest BCUT2D eigenvalue weighted by atomic mass is 16.4. The molecule has 15 heavy (non-hydrogen) atoms. The summed E-state index contributed by atoms with van der Waals surface area (Å²) in [5, 5.41) is 29.1. The van der Waals surface area contributed by atoms with Gasteiger partial charge in [-0.05, 0) is 0 Å². The van der Waals surface area contributed by atoms with Crippen LogP contribution in [0.25, 0.3) is 0 Å². The number of hydrogen-bond acceptors (Lipinski definition) is 4. The lowest BCUT2D eigenvalue weighted by Gasteiger charge is -2.15. The standard InChI is InChI=1S/C8H9NO6/c10-5(11)4-3-2(1-9-4)8(3,6(12)13)7(14)15/h2-4,9H,1H2,(H,10,11)(H,12,13)(H,14,15)/t2-,3-,4-/m0/s1. The maximum Gasteiger partial charge on any atom is 0.321 e. The van der Waals surface area contributed by atoms with Crippen LogP contribution in [-0.2, 0) is 14.4 Å². The Morgan fingerprint density at radius 3 is 2.00 bits per heavy atom. The molecule has 1 heterocycles. The zero-order valence-electron chi connectivity index (χ0n) is 7.51. The number of nitrogens with one attached hydrogen (secondary N) is 1. The Morgan fingerprint density at radius 1 is 1.13 bits per heavy atom. The van der Waals surface area contributed by atoms with Crippen LogP contribution in [0.5, 0.6) is 0 Å². The molecule has 0 aromatic carbocycles. The van der Waals surface area contributed by atoms with Crippen LogP contribution in [0.2, 0.25) is 0 Å². The van der Waals surface area contributed by atoms with Crippen LogP contribution in [-0.4, -0.2) is 45.8 Å². The molecule has 0 unspecified atom stereocenters. The highest BCUT2D eigenvalue weighted by Crippen LogP contribution is 2.63. The van der Waals surface area contributed by atoms with E-state index in [9.17, 15) is 14.4 Å². The second-order valence-electron chi connectivity index (χ2n) is 3.84. The molecule has 2 rings (SSSR count). The molecule has 1 aliphatic carbocycles. The zero-order chi connectivity index (χ0) is 11.4. The smallest absolute Gasteiger partial charge is 0.321 e. The number of rotatable bonds is 3. The van der Waals surface area contributed by atoms with Crippen molar-refractivity contribution in [2.24, 2.45) is 17.3 Å². The van der Waals surface area contributed by atoms with Crippen molar-refractivity contribution in [2.45, 2.75) is 6.04 Å². The minimum atomic E-state index is -1.89. The Hall–Kier alpha value is -1.63. The van der Waals surface area contributed by atoms with Gasteiger partial charge < -0.3 is 20.6 Å². The molecule has 2 fully saturated rings. The number of carboxylic acid groups (broad SMARTS) is 3. The van der Waals surface area contributed by atoms with Gasteiger partial charge in [0.25, 0.3) is 0 Å². The van der Waals surface area contributed by atoms with Crippen LogP contribution < -0.4 is 5.32 Å². The third-order valence-corrected chi connectivity index (χ3v) is 3.33. The van der Waals surface area contributed by atoms with Crippen molar-refractivity contribution >= 4 is 17.9 Å². The van der Waals surface area contributed by atoms with Crippen LogP contribution in [0.4, 0.5) is 0 Å². The van der Waals surface area contributed by atoms with E-state index in [1.165, 1.54) is 0 Å². The molecule has 4 N–H and O–H groups in total. The Kier molecular flexibility index (Phi) is 1.78. The monoisotopic (exact) mass is 215 g/mol. The maximum absolute atomic E-state index is 10.9. The summed E-state index contributed by atoms with van der Waals surface area (Å²) in [6.07, 6.45) is 0. The second-order valence-corrected chi connectivity index (χ2v) is 3.84. The van der Waals surface area contributed by atoms with Crippen LogP contribution in [0.1, 0.15) is 0 Å². The van der Waals surface area contributed by atoms with E-state index in [0.29, 0.717) is 0 Å². The van der Waals surface area contributed by atoms with E-state index in [1.54, 1.807) is 0 Å². The largest absolute Gasteiger partial charge is 0.480 e. The second kappa shape index (κ2) is 2.69. The van der Waals surface area contributed by atoms with Gasteiger partial charge in [0, 0.05) is 18.4 Å². The number of carbonyl (C=O) groups is 3. The van der Waals surface area contributed by atoms with E-state index < -0.39 is 41.2 Å². The quantitative estimate of drug-likeness (QED) is 0.420. The minimum Gasteiger partial charge on any atom is -0.480 e. The summed E-state index contributed by atoms with van der Waals surface area (Å²) in [5.41, 5.74) is -1.89. The topological polar surface area (TPSA) is 124 Å². The summed E-state index contributed by atoms with van der Waals surface area (Å²) in [7, 11) is 0. The van der Waals surface area contributed by atoms with Gasteiger partial charge in [-0.3, -0.25) is 14.4 Å². The van der Waals surface area contributed by atoms with Crippen molar-refractivity contribution in [1.29, 1.82) is 0 Å². The zero-order valence-corrected chi connectivity index (χ0v) is 7.51. The first-order valence-electron chi connectivity index (χ1n) is 4.37. The molecule has 0 amide bonds. The van der Waals surface area contributed by atoms with Crippen molar-refractivity contribution < 1.29 is 29.7 Å². The van der Waals surface area contributed by atoms with E-state index in [0.717, 1.165) is 0 Å². The average Bonchev–Trinajstić information content (AvgIpc) is 2.57. The molecule has 1 saturated heterocycles. The number of aliphatic carboxylic acids is 3. The van der Waals surface area contributed by atoms with Crippen LogP contribution >= 0.6 is 0 Å². The Morgan fingerprint density at radius 2 is 1.67 bits per heavy atom. The minimum absolute atomic E-state index is 0.125. The highest BCUT2D eigenvalue weighted by Gasteiger charge is 2.80. The Balaban J connectivity index is 2.32. The summed E-state index contributed by atoms with van der Waals surface area (Å²) in [4.78, 5) is 32.5. The van der Waals surface area contributed by atoms with Crippen molar-refractivity contribution in [3.05, 3.63) is 0 Å². The number of carboxylic acids is 3. The maximum atomic E-state index is 10.9. The summed E-state index contributed by atoms with van der Waals surface area (Å²) in [5.74, 6) is -5.55. The fourth-order valence-corrected chi connectivity index (χ4v) is 2.59. The van der Waals surface area contributed by atoms with Crippen molar-refractivity contribution in [3.8, 4) is 0 Å². The molecule has 1 aliphatic heterocycles. The molecule has 7 heteroatoms. The average molecular weight is 215 g/mol. The third kappa shape index (κ3) is 0.953. The molecule has 0 spiro atoms. The molecule has 3 atom stereocenters. The molecular weight excluding hydrogens is 206 g/mol. The fraction of sp³-hybridized carbons (Fsp3) is 0.625. The number of piperidine rings is 1. The lowest BCUT2D eigenvalue weighted by molar-refractivity contribution is -0.159. The lowest BCUT2D eigenvalue weighted by Crippen LogP contribution is -2.43. The van der Waals surface area contributed by atoms with Gasteiger partial charge >= 0.3 is 17.9 Å². The van der Waals surface area contributed by atoms with E-state index in [-0.39, 0.29) is 6.54 Å². The molecule has 0 bridgehead atoms. The summed E-state index contributed by atoms with van der Waals surface area (Å²) in [6, 6.07) is -1.07. The molecule has 82 valence electrons. The summed E-state index contributed by atoms with van der Waals surface area (Å²) in [6.45, 7) is 0.125. The van der Waals surface area contributed by atoms with Gasteiger partial charge in [0.15, 0.2) is 5.41 Å². The van der Waals surface area contributed by atoms with Crippen LogP contribution in [0.3, 0.4) is 0 Å². The first-order chi connectivity index (χ1) is 6.94. The molecule has 2 aliphatic rings. The van der Waals surface area contributed by atoms with Gasteiger partial charge in [-0.15, -0.1) is 0 Å². The first-order valence-corrected chi connectivity index (χ1v) is 4.37. The van der Waals surface area contributed by atoms with Crippen molar-refractivity contribution in [2.75, 3.05) is 6.54 Å². The lowest BCUT2D eigenvalue weighted by atomic mass is 9.98. The van der Waals surface area contributed by atoms with Crippen molar-refractivity contribution in [1.82, 2.24) is 5.32 Å². The van der Waals surface area contributed by atoms with Gasteiger partial charge in [0.05, 0.1) is 0 Å². The number of fused-ring (bicyclic) bond motifs is 1. The molecule has 1 saturated carbocycles. The van der Waals surface area contributed by atoms with Crippen molar-refractivity contribution in [3.63, 3.8) is 0 Å². The van der Waals surface area contributed by atoms with E-state index in [4.69, 9.17) is 15.3 Å². The SMILES string of the molecule is O=C(O)[C@H]1NC[C@H]2[C@@H]1C2(C(=O)O)C(=O)O. The molecular formula is C8H9NO6. The van der Waals surface area contributed by atoms with Crippen LogP contribution in [0.15, 0.2) is 0 Å². The fourth-order valence-electron chi connectivity index (χ4n) is 2.59. The molecule has 0 aromatic heterocycles. The summed E-state index contributed by atoms with van der Waals surface area (Å²) >= 11 is 0. The van der Waals surface area contributed by atoms with Gasteiger partial charge in [0.1, 0.15) is 6.04 Å². The Labute approximate surface area is 83.7 Å². The van der Waals surface area contributed by atoms with Gasteiger partial charge in [0.2, 0.25) is 0 Å². The van der Waals surface area contributed by atoms with Gasteiger partial charge in [-0.2, -0.15) is 0 Å². The molecule has 0 radical (unpaired) electrons. The first kappa shape index (κ1) is 9.91. The van der Waals surface area contributed by atoms with E-state index in [2.05, 4.69) is 5.32 Å². The van der Waals surface area contributed by atoms with E-state index >= 15 is 0 Å². The number of hydrogen-bond donors (Lipinski definition) is 4. The predicted molar refractivity (Wildman–Crippen MR) is 44.1 cm³/mol. The highest BCUT2D eigenvalue weighted by molar-refractivity contribution is 6.04. The third-order valence-electron chi connectivity index (χ3n) is 3.33. The molecule has 7 nitrogen and oxygen atoms in total. The van der Waals surface area contributed by atoms with Gasteiger partial charge in [-0.25, -0.2) is 0 Å². The van der Waals surface area contributed by atoms with Gasteiger partial charge in [-0.1, -0.05) is 0 Å². The molecule has 0 aromatic rings. The summed E-state index contributed by atoms with van der Waals surface area (Å²) < 4.78 is 0. The van der Waals surface area contributed by atoms with E-state index in [1.807, 2.05) is 0 Å². The normalized spacial score (nSPS) is 35.6.